The van der Waals surface area contributed by atoms with Gasteiger partial charge in [-0.05, 0) is 64.2 Å². The van der Waals surface area contributed by atoms with Gasteiger partial charge < -0.3 is 25.3 Å². The molecule has 1 aliphatic rings. The molecule has 0 radical (unpaired) electrons. The van der Waals surface area contributed by atoms with Gasteiger partial charge in [0.15, 0.2) is 11.5 Å². The van der Waals surface area contributed by atoms with Crippen molar-refractivity contribution in [1.29, 1.82) is 0 Å². The van der Waals surface area contributed by atoms with Crippen molar-refractivity contribution in [3.05, 3.63) is 33.7 Å². The van der Waals surface area contributed by atoms with Crippen molar-refractivity contribution >= 4 is 28.2 Å². The third-order valence-corrected chi connectivity index (χ3v) is 6.02. The Morgan fingerprint density at radius 3 is 2.17 bits per heavy atom. The lowest BCUT2D eigenvalue weighted by Gasteiger charge is -2.17. The number of rotatable bonds is 9. The van der Waals surface area contributed by atoms with Gasteiger partial charge in [0.2, 0.25) is 5.75 Å². The molecule has 0 bridgehead atoms. The van der Waals surface area contributed by atoms with Crippen molar-refractivity contribution < 1.29 is 23.8 Å². The minimum Gasteiger partial charge on any atom is -0.490 e. The van der Waals surface area contributed by atoms with Gasteiger partial charge in [-0.1, -0.05) is 0 Å². The molecule has 0 atom stereocenters. The van der Waals surface area contributed by atoms with E-state index in [0.717, 1.165) is 36.1 Å². The minimum atomic E-state index is -0.513. The highest BCUT2D eigenvalue weighted by molar-refractivity contribution is 7.17. The average molecular weight is 433 g/mol. The van der Waals surface area contributed by atoms with E-state index in [-0.39, 0.29) is 5.91 Å². The van der Waals surface area contributed by atoms with Gasteiger partial charge in [0.25, 0.3) is 11.8 Å². The first-order valence-electron chi connectivity index (χ1n) is 10.3. The molecule has 162 valence electrons. The summed E-state index contributed by atoms with van der Waals surface area (Å²) >= 11 is 1.43. The molecule has 0 fully saturated rings. The number of amides is 2. The van der Waals surface area contributed by atoms with Gasteiger partial charge in [-0.2, -0.15) is 0 Å². The predicted molar refractivity (Wildman–Crippen MR) is 117 cm³/mol. The van der Waals surface area contributed by atoms with Crippen LogP contribution in [0.4, 0.5) is 5.00 Å². The minimum absolute atomic E-state index is 0.354. The van der Waals surface area contributed by atoms with Gasteiger partial charge in [0.05, 0.1) is 25.4 Å². The van der Waals surface area contributed by atoms with Crippen LogP contribution in [0.1, 0.15) is 64.8 Å². The van der Waals surface area contributed by atoms with Crippen molar-refractivity contribution in [2.24, 2.45) is 5.73 Å². The van der Waals surface area contributed by atoms with Crippen LogP contribution >= 0.6 is 11.3 Å². The van der Waals surface area contributed by atoms with Crippen LogP contribution in [0.5, 0.6) is 17.2 Å². The molecule has 0 unspecified atom stereocenters. The number of carbonyl (C=O) groups excluding carboxylic acids is 2. The number of carbonyl (C=O) groups is 2. The topological polar surface area (TPSA) is 99.9 Å². The third-order valence-electron chi connectivity index (χ3n) is 4.82. The van der Waals surface area contributed by atoms with Crippen molar-refractivity contribution in [2.45, 2.75) is 46.5 Å². The van der Waals surface area contributed by atoms with E-state index in [4.69, 9.17) is 19.9 Å². The van der Waals surface area contributed by atoms with E-state index in [1.807, 2.05) is 20.8 Å². The summed E-state index contributed by atoms with van der Waals surface area (Å²) in [7, 11) is 0. The van der Waals surface area contributed by atoms with Crippen LogP contribution in [0.2, 0.25) is 0 Å². The second-order valence-corrected chi connectivity index (χ2v) is 7.94. The summed E-state index contributed by atoms with van der Waals surface area (Å²) in [6.07, 6.45) is 3.81. The largest absolute Gasteiger partial charge is 0.490 e. The summed E-state index contributed by atoms with van der Waals surface area (Å²) in [4.78, 5) is 26.3. The Morgan fingerprint density at radius 1 is 1.00 bits per heavy atom. The number of benzene rings is 1. The zero-order valence-electron chi connectivity index (χ0n) is 17.6. The van der Waals surface area contributed by atoms with E-state index >= 15 is 0 Å². The molecule has 2 amide bonds. The Hall–Kier alpha value is -2.74. The fraction of sp³-hybridized carbons (Fsp3) is 0.455. The van der Waals surface area contributed by atoms with Crippen LogP contribution in [0.3, 0.4) is 0 Å². The molecule has 0 saturated heterocycles. The standard InChI is InChI=1S/C22H28N2O5S/c1-4-27-15-11-13(12-16(28-5-2)19(15)29-6-3)21(26)24-22-18(20(23)25)14-9-7-8-10-17(14)30-22/h11-12H,4-10H2,1-3H3,(H2,23,25)(H,24,26). The number of anilines is 1. The maximum absolute atomic E-state index is 13.1. The number of nitrogens with one attached hydrogen (secondary N) is 1. The Bertz CT molecular complexity index is 911. The highest BCUT2D eigenvalue weighted by atomic mass is 32.1. The van der Waals surface area contributed by atoms with Crippen molar-refractivity contribution in [2.75, 3.05) is 25.1 Å². The number of aryl methyl sites for hydroxylation is 1. The summed E-state index contributed by atoms with van der Waals surface area (Å²) in [5, 5.41) is 3.39. The summed E-state index contributed by atoms with van der Waals surface area (Å²) in [5.74, 6) is 0.483. The zero-order chi connectivity index (χ0) is 21.7. The van der Waals surface area contributed by atoms with Crippen molar-refractivity contribution in [3.8, 4) is 17.2 Å². The number of ether oxygens (including phenoxy) is 3. The van der Waals surface area contributed by atoms with Gasteiger partial charge in [0.1, 0.15) is 5.00 Å². The number of fused-ring (bicyclic) bond motifs is 1. The lowest BCUT2D eigenvalue weighted by atomic mass is 9.95. The molecular weight excluding hydrogens is 404 g/mol. The monoisotopic (exact) mass is 432 g/mol. The third kappa shape index (κ3) is 4.53. The van der Waals surface area contributed by atoms with E-state index in [9.17, 15) is 9.59 Å². The fourth-order valence-electron chi connectivity index (χ4n) is 3.61. The number of thiophene rings is 1. The molecule has 7 nitrogen and oxygen atoms in total. The lowest BCUT2D eigenvalue weighted by molar-refractivity contribution is 0.100. The molecule has 0 spiro atoms. The van der Waals surface area contributed by atoms with Gasteiger partial charge in [-0.15, -0.1) is 11.3 Å². The molecule has 1 heterocycles. The van der Waals surface area contributed by atoms with E-state index in [1.165, 1.54) is 11.3 Å². The van der Waals surface area contributed by atoms with Crippen LogP contribution in [0.25, 0.3) is 0 Å². The van der Waals surface area contributed by atoms with Crippen molar-refractivity contribution in [3.63, 3.8) is 0 Å². The second kappa shape index (κ2) is 9.84. The SMILES string of the molecule is CCOc1cc(C(=O)Nc2sc3c(c2C(N)=O)CCCC3)cc(OCC)c1OCC. The van der Waals surface area contributed by atoms with E-state index in [2.05, 4.69) is 5.32 Å². The summed E-state index contributed by atoms with van der Waals surface area (Å²) in [6, 6.07) is 3.26. The highest BCUT2D eigenvalue weighted by Crippen LogP contribution is 2.41. The van der Waals surface area contributed by atoms with Crippen LogP contribution in [0, 0.1) is 0 Å². The van der Waals surface area contributed by atoms with Crippen molar-refractivity contribution in [1.82, 2.24) is 0 Å². The maximum Gasteiger partial charge on any atom is 0.256 e. The average Bonchev–Trinajstić information content (AvgIpc) is 3.08. The van der Waals surface area contributed by atoms with E-state index in [1.54, 1.807) is 12.1 Å². The molecule has 1 aromatic carbocycles. The summed E-state index contributed by atoms with van der Waals surface area (Å²) < 4.78 is 17.1. The Balaban J connectivity index is 1.97. The quantitative estimate of drug-likeness (QED) is 0.619. The summed E-state index contributed by atoms with van der Waals surface area (Å²) in [6.45, 7) is 6.86. The molecule has 30 heavy (non-hydrogen) atoms. The molecule has 0 aliphatic heterocycles. The predicted octanol–water partition coefficient (Wildman–Crippen LogP) is 4.17. The van der Waals surface area contributed by atoms with Crippen LogP contribution < -0.4 is 25.3 Å². The molecule has 3 N–H and O–H groups in total. The summed E-state index contributed by atoms with van der Waals surface area (Å²) in [5.41, 5.74) is 7.40. The molecule has 8 heteroatoms. The normalized spacial score (nSPS) is 12.8. The zero-order valence-corrected chi connectivity index (χ0v) is 18.4. The number of primary amides is 1. The van der Waals surface area contributed by atoms with Gasteiger partial charge in [0, 0.05) is 10.4 Å². The molecule has 1 aliphatic carbocycles. The molecule has 2 aromatic rings. The first-order valence-corrected chi connectivity index (χ1v) is 11.1. The van der Waals surface area contributed by atoms with Gasteiger partial charge in [-0.25, -0.2) is 0 Å². The van der Waals surface area contributed by atoms with Crippen LogP contribution in [-0.2, 0) is 12.8 Å². The molecule has 0 saturated carbocycles. The first-order chi connectivity index (χ1) is 14.5. The Morgan fingerprint density at radius 2 is 1.60 bits per heavy atom. The number of nitrogens with two attached hydrogens (primary N) is 1. The maximum atomic E-state index is 13.1. The van der Waals surface area contributed by atoms with Crippen LogP contribution in [0.15, 0.2) is 12.1 Å². The molecule has 3 rings (SSSR count). The smallest absolute Gasteiger partial charge is 0.256 e. The van der Waals surface area contributed by atoms with Gasteiger partial charge in [-0.3, -0.25) is 9.59 Å². The Kier molecular flexibility index (Phi) is 7.20. The highest BCUT2D eigenvalue weighted by Gasteiger charge is 2.26. The Labute approximate surface area is 180 Å². The lowest BCUT2D eigenvalue weighted by Crippen LogP contribution is -2.18. The van der Waals surface area contributed by atoms with Gasteiger partial charge >= 0.3 is 0 Å². The first kappa shape index (κ1) is 22.0. The van der Waals surface area contributed by atoms with Crippen LogP contribution in [-0.4, -0.2) is 31.6 Å². The van der Waals surface area contributed by atoms with E-state index < -0.39 is 5.91 Å². The second-order valence-electron chi connectivity index (χ2n) is 6.83. The van der Waals surface area contributed by atoms with E-state index in [0.29, 0.717) is 53.2 Å². The molecule has 1 aromatic heterocycles. The molecular formula is C22H28N2O5S. The number of hydrogen-bond donors (Lipinski definition) is 2. The fourth-order valence-corrected chi connectivity index (χ4v) is 4.90. The number of hydrogen-bond acceptors (Lipinski definition) is 6.